The molecule has 1 aliphatic heterocycles. The predicted octanol–water partition coefficient (Wildman–Crippen LogP) is 2.79. The lowest BCUT2D eigenvalue weighted by molar-refractivity contribution is 0.199. The number of hydrogen-bond acceptors (Lipinski definition) is 4. The van der Waals surface area contributed by atoms with Gasteiger partial charge in [0.2, 0.25) is 0 Å². The van der Waals surface area contributed by atoms with Crippen LogP contribution < -0.4 is 10.6 Å². The van der Waals surface area contributed by atoms with Gasteiger partial charge >= 0.3 is 0 Å². The van der Waals surface area contributed by atoms with Crippen LogP contribution in [0.15, 0.2) is 23.1 Å². The van der Waals surface area contributed by atoms with Gasteiger partial charge in [-0.2, -0.15) is 0 Å². The summed E-state index contributed by atoms with van der Waals surface area (Å²) >= 11 is 1.89. The molecule has 4 heteroatoms. The Morgan fingerprint density at radius 2 is 2.10 bits per heavy atom. The maximum atomic E-state index is 6.03. The van der Waals surface area contributed by atoms with Crippen LogP contribution in [0.4, 0.5) is 5.69 Å². The van der Waals surface area contributed by atoms with Crippen LogP contribution in [0, 0.1) is 0 Å². The van der Waals surface area contributed by atoms with Gasteiger partial charge in [0.1, 0.15) is 0 Å². The van der Waals surface area contributed by atoms with Crippen LogP contribution in [-0.2, 0) is 6.54 Å². The molecule has 112 valence electrons. The average molecular weight is 293 g/mol. The molecule has 2 rings (SSSR count). The van der Waals surface area contributed by atoms with Gasteiger partial charge in [-0.1, -0.05) is 19.9 Å². The van der Waals surface area contributed by atoms with Crippen molar-refractivity contribution in [3.8, 4) is 0 Å². The summed E-state index contributed by atoms with van der Waals surface area (Å²) in [7, 11) is 0. The number of benzene rings is 1. The molecule has 20 heavy (non-hydrogen) atoms. The lowest BCUT2D eigenvalue weighted by atomic mass is 10.1. The van der Waals surface area contributed by atoms with Gasteiger partial charge in [-0.25, -0.2) is 0 Å². The third-order valence-electron chi connectivity index (χ3n) is 4.12. The predicted molar refractivity (Wildman–Crippen MR) is 89.7 cm³/mol. The average Bonchev–Trinajstić information content (AvgIpc) is 2.47. The van der Waals surface area contributed by atoms with Crippen LogP contribution in [-0.4, -0.2) is 42.9 Å². The van der Waals surface area contributed by atoms with E-state index in [0.29, 0.717) is 12.6 Å². The number of likely N-dealkylation sites (N-methyl/N-ethyl adjacent to an activating group) is 1. The summed E-state index contributed by atoms with van der Waals surface area (Å²) in [6.07, 6.45) is 0. The van der Waals surface area contributed by atoms with Gasteiger partial charge in [0.05, 0.1) is 0 Å². The van der Waals surface area contributed by atoms with Gasteiger partial charge in [-0.05, 0) is 31.4 Å². The molecule has 1 saturated heterocycles. The van der Waals surface area contributed by atoms with Crippen molar-refractivity contribution in [2.24, 2.45) is 5.73 Å². The molecule has 1 aromatic carbocycles. The number of nitrogens with zero attached hydrogens (tertiary/aromatic N) is 2. The third kappa shape index (κ3) is 3.30. The fourth-order valence-electron chi connectivity index (χ4n) is 3.03. The van der Waals surface area contributed by atoms with Crippen molar-refractivity contribution in [3.05, 3.63) is 23.8 Å². The summed E-state index contributed by atoms with van der Waals surface area (Å²) in [6, 6.07) is 7.22. The number of piperazine rings is 1. The van der Waals surface area contributed by atoms with E-state index in [1.54, 1.807) is 0 Å². The summed E-state index contributed by atoms with van der Waals surface area (Å²) in [5, 5.41) is 0. The standard InChI is InChI=1S/C16H27N3S/c1-4-18-9-10-19(12-13(18)3)15-7-6-8-16(20-5-2)14(15)11-17/h6-8,13H,4-5,9-12,17H2,1-3H3. The molecular formula is C16H27N3S. The maximum absolute atomic E-state index is 6.03. The quantitative estimate of drug-likeness (QED) is 0.846. The van der Waals surface area contributed by atoms with E-state index in [4.69, 9.17) is 5.73 Å². The normalized spacial score (nSPS) is 20.4. The molecule has 0 radical (unpaired) electrons. The minimum Gasteiger partial charge on any atom is -0.368 e. The molecule has 1 unspecified atom stereocenters. The van der Waals surface area contributed by atoms with Crippen LogP contribution in [0.1, 0.15) is 26.3 Å². The zero-order valence-electron chi connectivity index (χ0n) is 12.9. The molecule has 2 N–H and O–H groups in total. The highest BCUT2D eigenvalue weighted by Gasteiger charge is 2.24. The molecule has 1 fully saturated rings. The SMILES string of the molecule is CCSc1cccc(N2CCN(CC)C(C)C2)c1CN. The van der Waals surface area contributed by atoms with E-state index in [1.165, 1.54) is 16.1 Å². The largest absolute Gasteiger partial charge is 0.368 e. The molecule has 3 nitrogen and oxygen atoms in total. The van der Waals surface area contributed by atoms with E-state index in [0.717, 1.165) is 31.9 Å². The number of hydrogen-bond donors (Lipinski definition) is 1. The Balaban J connectivity index is 2.22. The van der Waals surface area contributed by atoms with Crippen molar-refractivity contribution >= 4 is 17.4 Å². The molecule has 1 heterocycles. The highest BCUT2D eigenvalue weighted by atomic mass is 32.2. The van der Waals surface area contributed by atoms with Gasteiger partial charge in [-0.3, -0.25) is 4.90 Å². The number of anilines is 1. The van der Waals surface area contributed by atoms with Crippen molar-refractivity contribution in [1.29, 1.82) is 0 Å². The summed E-state index contributed by atoms with van der Waals surface area (Å²) in [5.74, 6) is 1.09. The summed E-state index contributed by atoms with van der Waals surface area (Å²) in [5.41, 5.74) is 8.68. The summed E-state index contributed by atoms with van der Waals surface area (Å²) in [4.78, 5) is 6.40. The van der Waals surface area contributed by atoms with E-state index in [9.17, 15) is 0 Å². The molecule has 0 amide bonds. The first-order valence-electron chi connectivity index (χ1n) is 7.65. The van der Waals surface area contributed by atoms with Gasteiger partial charge in [0.15, 0.2) is 0 Å². The van der Waals surface area contributed by atoms with Crippen molar-refractivity contribution in [2.45, 2.75) is 38.3 Å². The molecule has 0 aromatic heterocycles. The molecule has 1 aliphatic rings. The van der Waals surface area contributed by atoms with Gasteiger partial charge in [0.25, 0.3) is 0 Å². The van der Waals surface area contributed by atoms with E-state index in [-0.39, 0.29) is 0 Å². The topological polar surface area (TPSA) is 32.5 Å². The van der Waals surface area contributed by atoms with Crippen molar-refractivity contribution in [1.82, 2.24) is 4.90 Å². The summed E-state index contributed by atoms with van der Waals surface area (Å²) < 4.78 is 0. The van der Waals surface area contributed by atoms with E-state index in [2.05, 4.69) is 48.8 Å². The Labute approximate surface area is 127 Å². The fourth-order valence-corrected chi connectivity index (χ4v) is 3.88. The zero-order chi connectivity index (χ0) is 14.5. The number of rotatable bonds is 5. The molecule has 0 bridgehead atoms. The van der Waals surface area contributed by atoms with Crippen LogP contribution in [0.5, 0.6) is 0 Å². The Bertz CT molecular complexity index is 436. The fraction of sp³-hybridized carbons (Fsp3) is 0.625. The number of thioether (sulfide) groups is 1. The van der Waals surface area contributed by atoms with Crippen molar-refractivity contribution in [2.75, 3.05) is 36.8 Å². The van der Waals surface area contributed by atoms with Crippen LogP contribution in [0.2, 0.25) is 0 Å². The Kier molecular flexibility index (Phi) is 5.75. The van der Waals surface area contributed by atoms with Crippen molar-refractivity contribution < 1.29 is 0 Å². The molecule has 1 atom stereocenters. The van der Waals surface area contributed by atoms with Gasteiger partial charge in [-0.15, -0.1) is 11.8 Å². The number of nitrogens with two attached hydrogens (primary N) is 1. The molecule has 0 aliphatic carbocycles. The Morgan fingerprint density at radius 3 is 2.70 bits per heavy atom. The summed E-state index contributed by atoms with van der Waals surface area (Å²) in [6.45, 7) is 11.9. The second-order valence-corrected chi connectivity index (χ2v) is 6.62. The first-order valence-corrected chi connectivity index (χ1v) is 8.63. The molecule has 0 spiro atoms. The smallest absolute Gasteiger partial charge is 0.0424 e. The Hall–Kier alpha value is -0.710. The highest BCUT2D eigenvalue weighted by Crippen LogP contribution is 2.31. The minimum absolute atomic E-state index is 0.613. The zero-order valence-corrected chi connectivity index (χ0v) is 13.7. The van der Waals surface area contributed by atoms with E-state index < -0.39 is 0 Å². The minimum atomic E-state index is 0.613. The first-order chi connectivity index (χ1) is 9.71. The van der Waals surface area contributed by atoms with Crippen molar-refractivity contribution in [3.63, 3.8) is 0 Å². The van der Waals surface area contributed by atoms with Gasteiger partial charge < -0.3 is 10.6 Å². The van der Waals surface area contributed by atoms with E-state index in [1.807, 2.05) is 11.8 Å². The molecule has 0 saturated carbocycles. The first kappa shape index (κ1) is 15.7. The lowest BCUT2D eigenvalue weighted by Crippen LogP contribution is -2.52. The highest BCUT2D eigenvalue weighted by molar-refractivity contribution is 7.99. The molecular weight excluding hydrogens is 266 g/mol. The van der Waals surface area contributed by atoms with Crippen LogP contribution in [0.3, 0.4) is 0 Å². The maximum Gasteiger partial charge on any atom is 0.0424 e. The van der Waals surface area contributed by atoms with Crippen LogP contribution in [0.25, 0.3) is 0 Å². The lowest BCUT2D eigenvalue weighted by Gasteiger charge is -2.41. The van der Waals surface area contributed by atoms with E-state index >= 15 is 0 Å². The molecule has 1 aromatic rings. The monoisotopic (exact) mass is 293 g/mol. The second kappa shape index (κ2) is 7.34. The Morgan fingerprint density at radius 1 is 1.30 bits per heavy atom. The third-order valence-corrected chi connectivity index (χ3v) is 5.11. The second-order valence-electron chi connectivity index (χ2n) is 5.31. The van der Waals surface area contributed by atoms with Gasteiger partial charge in [0, 0.05) is 48.4 Å². The van der Waals surface area contributed by atoms with Crippen LogP contribution >= 0.6 is 11.8 Å².